The Morgan fingerprint density at radius 2 is 0.341 bits per heavy atom. The highest BCUT2D eigenvalue weighted by molar-refractivity contribution is 5.20. The molecule has 0 aromatic heterocycles. The average molecular weight is 686 g/mol. The van der Waals surface area contributed by atoms with Gasteiger partial charge in [0.15, 0.2) is 0 Å². The largest absolute Gasteiger partial charge is 0.460 e. The smallest absolute Gasteiger partial charge is 0.352 e. The molecule has 1 nitrogen and oxygen atoms in total. The minimum Gasteiger partial charge on any atom is -0.352 e. The fourth-order valence-electron chi connectivity index (χ4n) is 2.15. The molecule has 28 heteroatoms. The molecule has 0 saturated carbocycles. The summed E-state index contributed by atoms with van der Waals surface area (Å²) in [7, 11) is 0. The lowest BCUT2D eigenvalue weighted by atomic mass is 9.84. The highest BCUT2D eigenvalue weighted by atomic mass is 19.4. The first-order chi connectivity index (χ1) is 17.0. The van der Waals surface area contributed by atoms with E-state index in [0.29, 0.717) is 0 Å². The van der Waals surface area contributed by atoms with E-state index in [1.165, 1.54) is 0 Å². The Bertz CT molecular complexity index is 885. The Morgan fingerprint density at radius 3 is 0.512 bits per heavy atom. The van der Waals surface area contributed by atoms with Gasteiger partial charge in [0.2, 0.25) is 0 Å². The van der Waals surface area contributed by atoms with Crippen molar-refractivity contribution < 1.29 is 124 Å². The van der Waals surface area contributed by atoms with Gasteiger partial charge in [0.25, 0.3) is 0 Å². The first-order valence-electron chi connectivity index (χ1n) is 8.33. The summed E-state index contributed by atoms with van der Waals surface area (Å²) in [5.74, 6) is -102. The van der Waals surface area contributed by atoms with Gasteiger partial charge in [0.1, 0.15) is 0 Å². The molecule has 0 rings (SSSR count). The fraction of sp³-hybridized carbons (Fsp3) is 1.00. The van der Waals surface area contributed by atoms with Crippen molar-refractivity contribution in [1.82, 2.24) is 0 Å². The number of hydrogen-bond acceptors (Lipinski definition) is 1. The zero-order valence-corrected chi connectivity index (χ0v) is 17.2. The van der Waals surface area contributed by atoms with Gasteiger partial charge in [-0.3, -0.25) is 0 Å². The summed E-state index contributed by atoms with van der Waals surface area (Å²) < 4.78 is 349. The van der Waals surface area contributed by atoms with Gasteiger partial charge in [0.05, 0.1) is 0 Å². The third-order valence-corrected chi connectivity index (χ3v) is 4.70. The average Bonchev–Trinajstić information content (AvgIpc) is 2.70. The van der Waals surface area contributed by atoms with Crippen LogP contribution in [-0.4, -0.2) is 82.5 Å². The third-order valence-electron chi connectivity index (χ3n) is 4.70. The molecule has 0 radical (unpaired) electrons. The van der Waals surface area contributed by atoms with Crippen molar-refractivity contribution >= 4 is 0 Å². The van der Waals surface area contributed by atoms with Crippen LogP contribution >= 0.6 is 0 Å². The number of aliphatic hydroxyl groups is 1. The van der Waals surface area contributed by atoms with Crippen LogP contribution in [0.2, 0.25) is 0 Å². The van der Waals surface area contributed by atoms with Crippen molar-refractivity contribution in [3.63, 3.8) is 0 Å². The molecule has 0 aromatic carbocycles. The van der Waals surface area contributed by atoms with E-state index in [4.69, 9.17) is 5.11 Å². The lowest BCUT2D eigenvalue weighted by Crippen LogP contribution is -2.79. The van der Waals surface area contributed by atoms with Crippen LogP contribution in [0, 0.1) is 0 Å². The van der Waals surface area contributed by atoms with Crippen molar-refractivity contribution in [2.75, 3.05) is 0 Å². The summed E-state index contributed by atoms with van der Waals surface area (Å²) in [5.41, 5.74) is 0. The van der Waals surface area contributed by atoms with Crippen molar-refractivity contribution in [3.05, 3.63) is 0 Å². The zero-order valence-electron chi connectivity index (χ0n) is 17.2. The van der Waals surface area contributed by atoms with Gasteiger partial charge in [-0.25, -0.2) is 0 Å². The second-order valence-corrected chi connectivity index (χ2v) is 7.36. The van der Waals surface area contributed by atoms with Crippen LogP contribution in [-0.2, 0) is 0 Å². The maximum absolute atomic E-state index is 13.5. The van der Waals surface area contributed by atoms with Crippen molar-refractivity contribution in [2.45, 2.75) is 77.4 Å². The second-order valence-electron chi connectivity index (χ2n) is 7.36. The maximum Gasteiger partial charge on any atom is 0.460 e. The van der Waals surface area contributed by atoms with Crippen LogP contribution in [0.1, 0.15) is 0 Å². The minimum absolute atomic E-state index is 7.95. The van der Waals surface area contributed by atoms with E-state index in [0.717, 1.165) is 0 Å². The molecule has 41 heavy (non-hydrogen) atoms. The topological polar surface area (TPSA) is 20.2 Å². The summed E-state index contributed by atoms with van der Waals surface area (Å²) >= 11 is 0. The Morgan fingerprint density at radius 1 is 0.195 bits per heavy atom. The van der Waals surface area contributed by atoms with E-state index in [-0.39, 0.29) is 0 Å². The molecular formula is C13HF27O. The maximum atomic E-state index is 13.5. The van der Waals surface area contributed by atoms with Crippen LogP contribution in [0.15, 0.2) is 0 Å². The molecule has 0 aliphatic heterocycles. The quantitative estimate of drug-likeness (QED) is 0.231. The van der Waals surface area contributed by atoms with Crippen LogP contribution in [0.3, 0.4) is 0 Å². The summed E-state index contributed by atoms with van der Waals surface area (Å²) in [6.45, 7) is 0. The van der Waals surface area contributed by atoms with Gasteiger partial charge in [-0.05, 0) is 0 Å². The van der Waals surface area contributed by atoms with Gasteiger partial charge in [-0.15, -0.1) is 0 Å². The van der Waals surface area contributed by atoms with Crippen molar-refractivity contribution in [2.24, 2.45) is 0 Å². The van der Waals surface area contributed by atoms with Crippen LogP contribution in [0.5, 0.6) is 0 Å². The number of rotatable bonds is 10. The van der Waals surface area contributed by atoms with Crippen LogP contribution in [0.4, 0.5) is 119 Å². The second kappa shape index (κ2) is 9.04. The molecule has 1 unspecified atom stereocenters. The molecule has 0 saturated heterocycles. The monoisotopic (exact) mass is 686 g/mol. The van der Waals surface area contributed by atoms with Gasteiger partial charge in [0, 0.05) is 0 Å². The third kappa shape index (κ3) is 4.40. The van der Waals surface area contributed by atoms with Crippen LogP contribution in [0.25, 0.3) is 0 Å². The molecule has 0 bridgehead atoms. The van der Waals surface area contributed by atoms with Gasteiger partial charge in [-0.1, -0.05) is 0 Å². The Kier molecular flexibility index (Phi) is 8.62. The fourth-order valence-corrected chi connectivity index (χ4v) is 2.15. The lowest BCUT2D eigenvalue weighted by Gasteiger charge is -2.46. The molecule has 1 atom stereocenters. The summed E-state index contributed by atoms with van der Waals surface area (Å²) in [5, 5.41) is 7.95. The Balaban J connectivity index is 7.41. The molecule has 1 N–H and O–H groups in total. The SMILES string of the molecule is OC(F)(C(F)(F)C(F)(F)F)C(F)(F)C(F)(F)C(F)(F)C(F)(F)C(F)(F)C(F)(F)C(F)(F)C(F)(F)C(F)(F)C(F)(F)F. The van der Waals surface area contributed by atoms with Gasteiger partial charge >= 0.3 is 77.4 Å². The van der Waals surface area contributed by atoms with Crippen molar-refractivity contribution in [3.8, 4) is 0 Å². The van der Waals surface area contributed by atoms with Gasteiger partial charge < -0.3 is 5.11 Å². The molecule has 0 amide bonds. The Labute approximate surface area is 202 Å². The van der Waals surface area contributed by atoms with E-state index >= 15 is 0 Å². The molecule has 0 aliphatic carbocycles. The highest BCUT2D eigenvalue weighted by Gasteiger charge is 3.00. The predicted octanol–water partition coefficient (Wildman–Crippen LogP) is 8.12. The van der Waals surface area contributed by atoms with E-state index in [1.54, 1.807) is 0 Å². The highest BCUT2D eigenvalue weighted by Crippen LogP contribution is 2.67. The Hall–Kier alpha value is -1.93. The molecule has 0 spiro atoms. The van der Waals surface area contributed by atoms with E-state index in [2.05, 4.69) is 0 Å². The van der Waals surface area contributed by atoms with E-state index in [9.17, 15) is 119 Å². The number of hydrogen-bond donors (Lipinski definition) is 1. The normalized spacial score (nSPS) is 18.4. The first kappa shape index (κ1) is 39.1. The molecule has 0 fully saturated rings. The standard InChI is InChI=1S/C13HF27O/c14-1(15,3(18,19)5(22,23)7(26,27)9(30,31)12(35,36)37)2(16,17)4(20,21)6(24,25)8(28,29)11(34,41)10(32,33)13(38,39)40/h41H. The molecule has 0 heterocycles. The molecule has 0 aromatic rings. The van der Waals surface area contributed by atoms with E-state index in [1.807, 2.05) is 0 Å². The number of halogens is 27. The molecule has 0 aliphatic rings. The predicted molar refractivity (Wildman–Crippen MR) is 67.6 cm³/mol. The van der Waals surface area contributed by atoms with Crippen molar-refractivity contribution in [1.29, 1.82) is 0 Å². The minimum atomic E-state index is -9.77. The summed E-state index contributed by atoms with van der Waals surface area (Å²) in [6.07, 6.45) is -16.4. The van der Waals surface area contributed by atoms with Gasteiger partial charge in [-0.2, -0.15) is 119 Å². The van der Waals surface area contributed by atoms with E-state index < -0.39 is 77.4 Å². The molecule has 248 valence electrons. The molecular weight excluding hydrogens is 685 g/mol. The lowest BCUT2D eigenvalue weighted by molar-refractivity contribution is -0.493. The first-order valence-corrected chi connectivity index (χ1v) is 8.33. The zero-order chi connectivity index (χ0) is 34.5. The van der Waals surface area contributed by atoms with Crippen LogP contribution < -0.4 is 0 Å². The number of alkyl halides is 27. The summed E-state index contributed by atoms with van der Waals surface area (Å²) in [4.78, 5) is 0. The summed E-state index contributed by atoms with van der Waals surface area (Å²) in [6, 6.07) is 0.